The third kappa shape index (κ3) is 2.05. The van der Waals surface area contributed by atoms with Crippen LogP contribution in [0.1, 0.15) is 10.4 Å². The Morgan fingerprint density at radius 1 is 1.40 bits per heavy atom. The summed E-state index contributed by atoms with van der Waals surface area (Å²) in [6.07, 6.45) is 3.11. The molecule has 0 spiro atoms. The minimum absolute atomic E-state index is 0.164. The van der Waals surface area contributed by atoms with Crippen LogP contribution in [0.5, 0.6) is 11.5 Å². The number of aromatic hydroxyl groups is 1. The molecule has 2 aromatic rings. The Morgan fingerprint density at radius 2 is 2.25 bits per heavy atom. The number of phenolic OH excluding ortho intramolecular Hbond substituents is 1. The molecule has 1 N–H and O–H groups in total. The van der Waals surface area contributed by atoms with Crippen LogP contribution < -0.4 is 9.64 Å². The third-order valence-electron chi connectivity index (χ3n) is 3.06. The number of fused-ring (bicyclic) bond motifs is 1. The van der Waals surface area contributed by atoms with E-state index in [0.29, 0.717) is 24.6 Å². The Labute approximate surface area is 114 Å². The maximum absolute atomic E-state index is 13.3. The summed E-state index contributed by atoms with van der Waals surface area (Å²) in [6.45, 7) is 0.726. The number of benzene rings is 1. The predicted octanol–water partition coefficient (Wildman–Crippen LogP) is 1.97. The first-order valence-electron chi connectivity index (χ1n) is 6.04. The lowest BCUT2D eigenvalue weighted by Gasteiger charge is -2.29. The van der Waals surface area contributed by atoms with Crippen molar-refractivity contribution in [1.29, 1.82) is 0 Å². The zero-order valence-corrected chi connectivity index (χ0v) is 10.4. The lowest BCUT2D eigenvalue weighted by Crippen LogP contribution is -2.38. The van der Waals surface area contributed by atoms with Crippen molar-refractivity contribution in [3.8, 4) is 11.5 Å². The molecule has 1 aromatic heterocycles. The number of rotatable bonds is 1. The molecular weight excluding hydrogens is 263 g/mol. The van der Waals surface area contributed by atoms with Crippen molar-refractivity contribution in [3.05, 3.63) is 48.0 Å². The number of carbonyl (C=O) groups excluding carboxylic acids is 1. The smallest absolute Gasteiger partial charge is 0.258 e. The fourth-order valence-corrected chi connectivity index (χ4v) is 2.07. The van der Waals surface area contributed by atoms with Crippen LogP contribution in [0.2, 0.25) is 0 Å². The number of aromatic nitrogens is 1. The van der Waals surface area contributed by atoms with Gasteiger partial charge in [-0.1, -0.05) is 0 Å². The van der Waals surface area contributed by atoms with Crippen molar-refractivity contribution in [2.45, 2.75) is 0 Å². The Balaban J connectivity index is 1.97. The molecule has 1 amide bonds. The molecule has 6 heteroatoms. The second-order valence-corrected chi connectivity index (χ2v) is 4.31. The van der Waals surface area contributed by atoms with E-state index in [2.05, 4.69) is 4.98 Å². The quantitative estimate of drug-likeness (QED) is 0.863. The standard InChI is InChI=1S/C14H11FN2O3/c15-10-7-9(1-2-12(10)18)14(19)17-5-6-20-13-3-4-16-8-11(13)17/h1-4,7-8,18H,5-6H2. The van der Waals surface area contributed by atoms with Crippen LogP contribution >= 0.6 is 0 Å². The first-order chi connectivity index (χ1) is 9.66. The van der Waals surface area contributed by atoms with Crippen LogP contribution in [-0.2, 0) is 0 Å². The number of ether oxygens (including phenoxy) is 1. The van der Waals surface area contributed by atoms with Crippen molar-refractivity contribution in [2.24, 2.45) is 0 Å². The van der Waals surface area contributed by atoms with Gasteiger partial charge in [0.1, 0.15) is 18.0 Å². The summed E-state index contributed by atoms with van der Waals surface area (Å²) in [6, 6.07) is 5.23. The maximum Gasteiger partial charge on any atom is 0.258 e. The third-order valence-corrected chi connectivity index (χ3v) is 3.06. The molecule has 1 aliphatic heterocycles. The van der Waals surface area contributed by atoms with E-state index < -0.39 is 11.6 Å². The minimum Gasteiger partial charge on any atom is -0.505 e. The van der Waals surface area contributed by atoms with Gasteiger partial charge in [0.15, 0.2) is 11.6 Å². The van der Waals surface area contributed by atoms with E-state index in [1.807, 2.05) is 0 Å². The first kappa shape index (κ1) is 12.4. The summed E-state index contributed by atoms with van der Waals surface area (Å²) in [4.78, 5) is 17.9. The summed E-state index contributed by atoms with van der Waals surface area (Å²) in [5, 5.41) is 9.16. The molecular formula is C14H11FN2O3. The van der Waals surface area contributed by atoms with E-state index in [1.54, 1.807) is 12.3 Å². The number of carbonyl (C=O) groups is 1. The number of amides is 1. The van der Waals surface area contributed by atoms with Crippen LogP contribution in [0.3, 0.4) is 0 Å². The number of nitrogens with zero attached hydrogens (tertiary/aromatic N) is 2. The second kappa shape index (κ2) is 4.80. The highest BCUT2D eigenvalue weighted by Gasteiger charge is 2.25. The highest BCUT2D eigenvalue weighted by molar-refractivity contribution is 6.07. The second-order valence-electron chi connectivity index (χ2n) is 4.31. The van der Waals surface area contributed by atoms with Crippen LogP contribution in [0, 0.1) is 5.82 Å². The number of hydrogen-bond acceptors (Lipinski definition) is 4. The number of anilines is 1. The Hall–Kier alpha value is -2.63. The molecule has 0 saturated heterocycles. The van der Waals surface area contributed by atoms with Gasteiger partial charge in [-0.3, -0.25) is 9.78 Å². The van der Waals surface area contributed by atoms with E-state index in [9.17, 15) is 9.18 Å². The summed E-state index contributed by atoms with van der Waals surface area (Å²) in [7, 11) is 0. The van der Waals surface area contributed by atoms with E-state index in [1.165, 1.54) is 17.2 Å². The molecule has 0 bridgehead atoms. The van der Waals surface area contributed by atoms with Gasteiger partial charge in [-0.25, -0.2) is 4.39 Å². The molecule has 0 radical (unpaired) electrons. The molecule has 5 nitrogen and oxygen atoms in total. The monoisotopic (exact) mass is 274 g/mol. The number of halogens is 1. The van der Waals surface area contributed by atoms with Crippen molar-refractivity contribution in [3.63, 3.8) is 0 Å². The van der Waals surface area contributed by atoms with E-state index in [-0.39, 0.29) is 11.5 Å². The van der Waals surface area contributed by atoms with Gasteiger partial charge >= 0.3 is 0 Å². The fraction of sp³-hybridized carbons (Fsp3) is 0.143. The SMILES string of the molecule is O=C(c1ccc(O)c(F)c1)N1CCOc2ccncc21. The molecule has 102 valence electrons. The van der Waals surface area contributed by atoms with Gasteiger partial charge in [-0.05, 0) is 18.2 Å². The molecule has 0 fully saturated rings. The Morgan fingerprint density at radius 3 is 3.05 bits per heavy atom. The largest absolute Gasteiger partial charge is 0.505 e. The van der Waals surface area contributed by atoms with Gasteiger partial charge in [0.05, 0.1) is 12.7 Å². The van der Waals surface area contributed by atoms with Crippen molar-refractivity contribution >= 4 is 11.6 Å². The lowest BCUT2D eigenvalue weighted by molar-refractivity contribution is 0.0976. The van der Waals surface area contributed by atoms with Gasteiger partial charge in [0.25, 0.3) is 5.91 Å². The zero-order chi connectivity index (χ0) is 14.1. The number of hydrogen-bond donors (Lipinski definition) is 1. The lowest BCUT2D eigenvalue weighted by atomic mass is 10.1. The van der Waals surface area contributed by atoms with Gasteiger partial charge in [-0.2, -0.15) is 0 Å². The van der Waals surface area contributed by atoms with Crippen molar-refractivity contribution < 1.29 is 19.0 Å². The highest BCUT2D eigenvalue weighted by atomic mass is 19.1. The molecule has 20 heavy (non-hydrogen) atoms. The van der Waals surface area contributed by atoms with Gasteiger partial charge in [-0.15, -0.1) is 0 Å². The van der Waals surface area contributed by atoms with E-state index in [4.69, 9.17) is 9.84 Å². The van der Waals surface area contributed by atoms with Crippen LogP contribution in [-0.4, -0.2) is 29.1 Å². The molecule has 0 atom stereocenters. The van der Waals surface area contributed by atoms with Gasteiger partial charge in [0.2, 0.25) is 0 Å². The van der Waals surface area contributed by atoms with Crippen LogP contribution in [0.25, 0.3) is 0 Å². The summed E-state index contributed by atoms with van der Waals surface area (Å²) < 4.78 is 18.8. The average molecular weight is 274 g/mol. The van der Waals surface area contributed by atoms with Crippen molar-refractivity contribution in [2.75, 3.05) is 18.1 Å². The molecule has 1 aliphatic rings. The molecule has 2 heterocycles. The van der Waals surface area contributed by atoms with Crippen LogP contribution in [0.4, 0.5) is 10.1 Å². The molecule has 1 aromatic carbocycles. The minimum atomic E-state index is -0.824. The molecule has 3 rings (SSSR count). The Bertz CT molecular complexity index is 675. The number of pyridine rings is 1. The topological polar surface area (TPSA) is 62.7 Å². The summed E-state index contributed by atoms with van der Waals surface area (Å²) in [5.74, 6) is -1.10. The Kier molecular flexibility index (Phi) is 2.98. The summed E-state index contributed by atoms with van der Waals surface area (Å²) >= 11 is 0. The fourth-order valence-electron chi connectivity index (χ4n) is 2.07. The van der Waals surface area contributed by atoms with Gasteiger partial charge < -0.3 is 14.7 Å². The van der Waals surface area contributed by atoms with Gasteiger partial charge in [0, 0.05) is 17.8 Å². The number of phenols is 1. The molecule has 0 saturated carbocycles. The molecule has 0 aliphatic carbocycles. The van der Waals surface area contributed by atoms with Crippen molar-refractivity contribution in [1.82, 2.24) is 4.98 Å². The van der Waals surface area contributed by atoms with E-state index in [0.717, 1.165) is 12.1 Å². The first-order valence-corrected chi connectivity index (χ1v) is 6.04. The maximum atomic E-state index is 13.3. The predicted molar refractivity (Wildman–Crippen MR) is 69.5 cm³/mol. The normalized spacial score (nSPS) is 13.6. The highest BCUT2D eigenvalue weighted by Crippen LogP contribution is 2.31. The summed E-state index contributed by atoms with van der Waals surface area (Å²) in [5.41, 5.74) is 0.717. The van der Waals surface area contributed by atoms with Crippen LogP contribution in [0.15, 0.2) is 36.7 Å². The van der Waals surface area contributed by atoms with E-state index >= 15 is 0 Å². The molecule has 0 unspecified atom stereocenters. The average Bonchev–Trinajstić information content (AvgIpc) is 2.49. The zero-order valence-electron chi connectivity index (χ0n) is 10.4.